The summed E-state index contributed by atoms with van der Waals surface area (Å²) in [6, 6.07) is 2.49. The summed E-state index contributed by atoms with van der Waals surface area (Å²) in [5.41, 5.74) is 7.07. The number of halogens is 2. The standard InChI is InChI=1S/C12H8ClFN4O/c1-5-16-4-10-12(15)17-8-3-7(14)6(11(13)19)2-9(8)18(5)10/h2-4H,1H3,(H2,15,17). The zero-order valence-corrected chi connectivity index (χ0v) is 10.6. The predicted octanol–water partition coefficient (Wildman–Crippen LogP) is 2.29. The number of anilines is 1. The molecule has 0 saturated heterocycles. The van der Waals surface area contributed by atoms with Gasteiger partial charge < -0.3 is 5.73 Å². The summed E-state index contributed by atoms with van der Waals surface area (Å²) in [6.07, 6.45) is 1.57. The van der Waals surface area contributed by atoms with E-state index in [4.69, 9.17) is 17.3 Å². The fraction of sp³-hybridized carbons (Fsp3) is 0.0833. The van der Waals surface area contributed by atoms with E-state index < -0.39 is 11.1 Å². The first-order valence-corrected chi connectivity index (χ1v) is 5.79. The van der Waals surface area contributed by atoms with Crippen LogP contribution in [0.3, 0.4) is 0 Å². The van der Waals surface area contributed by atoms with Crippen LogP contribution in [0.1, 0.15) is 16.2 Å². The van der Waals surface area contributed by atoms with Gasteiger partial charge in [-0.25, -0.2) is 14.4 Å². The van der Waals surface area contributed by atoms with E-state index in [0.29, 0.717) is 22.4 Å². The topological polar surface area (TPSA) is 73.3 Å². The van der Waals surface area contributed by atoms with Gasteiger partial charge in [0, 0.05) is 6.07 Å². The van der Waals surface area contributed by atoms with Crippen LogP contribution in [0.5, 0.6) is 0 Å². The van der Waals surface area contributed by atoms with Crippen molar-refractivity contribution in [2.24, 2.45) is 0 Å². The van der Waals surface area contributed by atoms with Crippen LogP contribution < -0.4 is 5.73 Å². The van der Waals surface area contributed by atoms with Gasteiger partial charge >= 0.3 is 0 Å². The van der Waals surface area contributed by atoms with E-state index in [0.717, 1.165) is 6.07 Å². The predicted molar refractivity (Wildman–Crippen MR) is 69.8 cm³/mol. The van der Waals surface area contributed by atoms with Crippen molar-refractivity contribution in [3.05, 3.63) is 35.5 Å². The van der Waals surface area contributed by atoms with Crippen LogP contribution in [0.15, 0.2) is 18.3 Å². The Hall–Kier alpha value is -2.21. The summed E-state index contributed by atoms with van der Waals surface area (Å²) in [5, 5.41) is -0.859. The number of hydrogen-bond donors (Lipinski definition) is 1. The summed E-state index contributed by atoms with van der Waals surface area (Å²) in [4.78, 5) is 19.4. The molecule has 7 heteroatoms. The normalized spacial score (nSPS) is 11.3. The third kappa shape index (κ3) is 1.64. The quantitative estimate of drug-likeness (QED) is 0.693. The maximum atomic E-state index is 13.7. The first-order valence-electron chi connectivity index (χ1n) is 5.41. The van der Waals surface area contributed by atoms with Crippen molar-refractivity contribution in [2.75, 3.05) is 5.73 Å². The molecule has 3 aromatic rings. The Labute approximate surface area is 111 Å². The molecular weight excluding hydrogens is 271 g/mol. The molecule has 2 heterocycles. The van der Waals surface area contributed by atoms with Gasteiger partial charge in [0.2, 0.25) is 0 Å². The molecule has 0 unspecified atom stereocenters. The van der Waals surface area contributed by atoms with Gasteiger partial charge in [0.15, 0.2) is 0 Å². The van der Waals surface area contributed by atoms with E-state index in [-0.39, 0.29) is 11.4 Å². The van der Waals surface area contributed by atoms with Crippen molar-refractivity contribution in [1.29, 1.82) is 0 Å². The molecule has 0 amide bonds. The maximum Gasteiger partial charge on any atom is 0.255 e. The maximum absolute atomic E-state index is 13.7. The van der Waals surface area contributed by atoms with Gasteiger partial charge in [-0.2, -0.15) is 0 Å². The van der Waals surface area contributed by atoms with Gasteiger partial charge in [-0.05, 0) is 24.6 Å². The smallest absolute Gasteiger partial charge is 0.255 e. The monoisotopic (exact) mass is 278 g/mol. The first kappa shape index (κ1) is 11.9. The molecule has 2 N–H and O–H groups in total. The van der Waals surface area contributed by atoms with Gasteiger partial charge in [-0.15, -0.1) is 0 Å². The van der Waals surface area contributed by atoms with Crippen LogP contribution in [0, 0.1) is 12.7 Å². The molecular formula is C12H8ClFN4O. The number of nitrogens with zero attached hydrogens (tertiary/aromatic N) is 3. The van der Waals surface area contributed by atoms with Crippen molar-refractivity contribution in [3.8, 4) is 0 Å². The van der Waals surface area contributed by atoms with Gasteiger partial charge in [0.25, 0.3) is 5.24 Å². The average Bonchev–Trinajstić information content (AvgIpc) is 2.71. The van der Waals surface area contributed by atoms with Gasteiger partial charge in [0.1, 0.15) is 23.0 Å². The molecule has 3 rings (SSSR count). The second kappa shape index (κ2) is 3.89. The lowest BCUT2D eigenvalue weighted by atomic mass is 10.2. The second-order valence-electron chi connectivity index (χ2n) is 4.12. The summed E-state index contributed by atoms with van der Waals surface area (Å²) in [7, 11) is 0. The number of fused-ring (bicyclic) bond motifs is 3. The molecule has 1 aromatic carbocycles. The molecule has 0 saturated carbocycles. The number of carbonyl (C=O) groups is 1. The minimum Gasteiger partial charge on any atom is -0.382 e. The fourth-order valence-electron chi connectivity index (χ4n) is 2.09. The SMILES string of the molecule is Cc1ncc2c(N)nc3cc(F)c(C(=O)Cl)cc3n12. The summed E-state index contributed by atoms with van der Waals surface area (Å²) >= 11 is 5.36. The van der Waals surface area contributed by atoms with E-state index in [9.17, 15) is 9.18 Å². The lowest BCUT2D eigenvalue weighted by molar-refractivity contribution is 0.107. The lowest BCUT2D eigenvalue weighted by Gasteiger charge is -2.07. The summed E-state index contributed by atoms with van der Waals surface area (Å²) in [6.45, 7) is 1.78. The van der Waals surface area contributed by atoms with E-state index in [1.165, 1.54) is 6.07 Å². The fourth-order valence-corrected chi connectivity index (χ4v) is 2.23. The third-order valence-electron chi connectivity index (χ3n) is 2.96. The lowest BCUT2D eigenvalue weighted by Crippen LogP contribution is -2.03. The minimum atomic E-state index is -0.859. The van der Waals surface area contributed by atoms with Crippen molar-refractivity contribution in [3.63, 3.8) is 0 Å². The zero-order valence-electron chi connectivity index (χ0n) is 9.82. The van der Waals surface area contributed by atoms with Crippen molar-refractivity contribution >= 4 is 39.2 Å². The highest BCUT2D eigenvalue weighted by atomic mass is 35.5. The molecule has 19 heavy (non-hydrogen) atoms. The van der Waals surface area contributed by atoms with Crippen molar-refractivity contribution in [1.82, 2.24) is 14.4 Å². The first-order chi connectivity index (χ1) is 8.99. The summed E-state index contributed by atoms with van der Waals surface area (Å²) < 4.78 is 15.4. The molecule has 0 aliphatic carbocycles. The molecule has 0 aliphatic heterocycles. The Morgan fingerprint density at radius 2 is 2.16 bits per heavy atom. The molecule has 0 radical (unpaired) electrons. The third-order valence-corrected chi connectivity index (χ3v) is 3.16. The number of aromatic nitrogens is 3. The average molecular weight is 279 g/mol. The molecule has 2 aromatic heterocycles. The van der Waals surface area contributed by atoms with E-state index >= 15 is 0 Å². The Bertz CT molecular complexity index is 843. The summed E-state index contributed by atoms with van der Waals surface area (Å²) in [5.74, 6) is 0.183. The van der Waals surface area contributed by atoms with Crippen LogP contribution in [0.2, 0.25) is 0 Å². The highest BCUT2D eigenvalue weighted by molar-refractivity contribution is 6.67. The molecule has 0 bridgehead atoms. The number of nitrogen functional groups attached to an aromatic ring is 1. The number of benzene rings is 1. The van der Waals surface area contributed by atoms with Crippen LogP contribution in [-0.4, -0.2) is 19.6 Å². The largest absolute Gasteiger partial charge is 0.382 e. The number of imidazole rings is 1. The number of carbonyl (C=O) groups excluding carboxylic acids is 1. The van der Waals surface area contributed by atoms with Gasteiger partial charge in [-0.1, -0.05) is 0 Å². The number of hydrogen-bond acceptors (Lipinski definition) is 4. The highest BCUT2D eigenvalue weighted by Gasteiger charge is 2.15. The second-order valence-corrected chi connectivity index (χ2v) is 4.46. The van der Waals surface area contributed by atoms with Crippen molar-refractivity contribution in [2.45, 2.75) is 6.92 Å². The Kier molecular flexibility index (Phi) is 2.43. The molecule has 0 aliphatic rings. The Balaban J connectivity index is 2.56. The van der Waals surface area contributed by atoms with E-state index in [2.05, 4.69) is 9.97 Å². The Morgan fingerprint density at radius 3 is 2.84 bits per heavy atom. The molecule has 96 valence electrons. The van der Waals surface area contributed by atoms with Crippen LogP contribution in [0.4, 0.5) is 10.2 Å². The Morgan fingerprint density at radius 1 is 1.42 bits per heavy atom. The van der Waals surface area contributed by atoms with Gasteiger partial charge in [0.05, 0.1) is 22.8 Å². The molecule has 0 fully saturated rings. The van der Waals surface area contributed by atoms with Crippen LogP contribution in [-0.2, 0) is 0 Å². The van der Waals surface area contributed by atoms with Crippen LogP contribution >= 0.6 is 11.6 Å². The number of nitrogens with two attached hydrogens (primary N) is 1. The van der Waals surface area contributed by atoms with Crippen molar-refractivity contribution < 1.29 is 9.18 Å². The highest BCUT2D eigenvalue weighted by Crippen LogP contribution is 2.24. The number of rotatable bonds is 1. The van der Waals surface area contributed by atoms with E-state index in [1.54, 1.807) is 17.5 Å². The van der Waals surface area contributed by atoms with E-state index in [1.807, 2.05) is 0 Å². The molecule has 0 spiro atoms. The minimum absolute atomic E-state index is 0.199. The number of aryl methyl sites for hydroxylation is 1. The van der Waals surface area contributed by atoms with Gasteiger partial charge in [-0.3, -0.25) is 9.20 Å². The molecule has 5 nitrogen and oxygen atoms in total. The zero-order chi connectivity index (χ0) is 13.7. The van der Waals surface area contributed by atoms with Crippen LogP contribution in [0.25, 0.3) is 16.6 Å². The molecule has 0 atom stereocenters.